The van der Waals surface area contributed by atoms with E-state index < -0.39 is 18.1 Å². The van der Waals surface area contributed by atoms with Crippen LogP contribution >= 0.6 is 0 Å². The summed E-state index contributed by atoms with van der Waals surface area (Å²) in [5, 5.41) is 9.61. The smallest absolute Gasteiger partial charge is 0.362 e. The number of hydrogen-bond donors (Lipinski definition) is 1. The molecule has 56 heavy (non-hydrogen) atoms. The van der Waals surface area contributed by atoms with Crippen LogP contribution < -0.4 is 0 Å². The number of allylic oxidation sites excluding steroid dienone is 2. The van der Waals surface area contributed by atoms with Gasteiger partial charge in [-0.2, -0.15) is 0 Å². The maximum absolute atomic E-state index is 12.7. The molecular formula is C48H92NO7+. The summed E-state index contributed by atoms with van der Waals surface area (Å²) in [5.41, 5.74) is 0. The van der Waals surface area contributed by atoms with Crippen molar-refractivity contribution >= 4 is 17.9 Å². The van der Waals surface area contributed by atoms with Gasteiger partial charge in [0.2, 0.25) is 0 Å². The molecule has 0 aliphatic carbocycles. The van der Waals surface area contributed by atoms with Crippen LogP contribution in [0.3, 0.4) is 0 Å². The molecule has 2 unspecified atom stereocenters. The minimum atomic E-state index is -0.872. The van der Waals surface area contributed by atoms with Crippen LogP contribution in [0.25, 0.3) is 0 Å². The summed E-state index contributed by atoms with van der Waals surface area (Å²) in [6.07, 6.45) is 42.7. The summed E-state index contributed by atoms with van der Waals surface area (Å²) in [7, 11) is 5.53. The van der Waals surface area contributed by atoms with Crippen molar-refractivity contribution in [3.8, 4) is 0 Å². The first kappa shape index (κ1) is 54.1. The van der Waals surface area contributed by atoms with Crippen LogP contribution in [0.2, 0.25) is 0 Å². The Morgan fingerprint density at radius 3 is 1.29 bits per heavy atom. The van der Waals surface area contributed by atoms with E-state index in [4.69, 9.17) is 14.2 Å². The molecule has 0 saturated carbocycles. The van der Waals surface area contributed by atoms with Gasteiger partial charge in [0.05, 0.1) is 34.4 Å². The van der Waals surface area contributed by atoms with Crippen molar-refractivity contribution in [1.29, 1.82) is 0 Å². The second kappa shape index (κ2) is 39.9. The molecule has 0 aromatic rings. The normalized spacial score (nSPS) is 12.9. The lowest BCUT2D eigenvalue weighted by Gasteiger charge is -2.31. The van der Waals surface area contributed by atoms with Crippen LogP contribution in [0.1, 0.15) is 226 Å². The van der Waals surface area contributed by atoms with E-state index in [1.807, 2.05) is 21.1 Å². The summed E-state index contributed by atoms with van der Waals surface area (Å²) >= 11 is 0. The van der Waals surface area contributed by atoms with Crippen molar-refractivity contribution in [1.82, 2.24) is 0 Å². The van der Waals surface area contributed by atoms with Crippen LogP contribution in [0.5, 0.6) is 0 Å². The number of aliphatic carboxylic acids is 1. The standard InChI is InChI=1S/C48H91NO7/c1-6-8-10-12-14-16-17-18-19-20-21-22-23-24-25-26-27-28-29-31-33-35-37-39-47(51)56-44(42-54-41-40-45(48(52)53)49(3,4)5)43-55-46(50)38-36-34-32-30-15-13-11-9-7-2/h20-21,44-45H,6-19,22-43H2,1-5H3/p+1/b21-20-. The summed E-state index contributed by atoms with van der Waals surface area (Å²) in [6.45, 7) is 4.74. The maximum Gasteiger partial charge on any atom is 0.362 e. The Morgan fingerprint density at radius 1 is 0.518 bits per heavy atom. The van der Waals surface area contributed by atoms with Gasteiger partial charge in [-0.15, -0.1) is 0 Å². The van der Waals surface area contributed by atoms with Crippen LogP contribution in [0, 0.1) is 0 Å². The lowest BCUT2D eigenvalue weighted by molar-refractivity contribution is -0.887. The maximum atomic E-state index is 12.7. The Bertz CT molecular complexity index is 931. The largest absolute Gasteiger partial charge is 0.477 e. The quantitative estimate of drug-likeness (QED) is 0.0284. The molecule has 1 N–H and O–H groups in total. The number of likely N-dealkylation sites (N-methyl/N-ethyl adjacent to an activating group) is 1. The molecule has 0 radical (unpaired) electrons. The predicted octanol–water partition coefficient (Wildman–Crippen LogP) is 13.1. The summed E-state index contributed by atoms with van der Waals surface area (Å²) in [5.74, 6) is -1.46. The lowest BCUT2D eigenvalue weighted by Crippen LogP contribution is -2.50. The number of unbranched alkanes of at least 4 members (excludes halogenated alkanes) is 27. The van der Waals surface area contributed by atoms with Gasteiger partial charge in [-0.3, -0.25) is 9.59 Å². The summed E-state index contributed by atoms with van der Waals surface area (Å²) < 4.78 is 17.3. The van der Waals surface area contributed by atoms with E-state index in [-0.39, 0.29) is 36.2 Å². The zero-order chi connectivity index (χ0) is 41.4. The Balaban J connectivity index is 4.14. The molecule has 0 rings (SSSR count). The van der Waals surface area contributed by atoms with E-state index >= 15 is 0 Å². The van der Waals surface area contributed by atoms with Crippen molar-refractivity contribution in [2.75, 3.05) is 41.0 Å². The van der Waals surface area contributed by atoms with Crippen molar-refractivity contribution in [2.24, 2.45) is 0 Å². The highest BCUT2D eigenvalue weighted by molar-refractivity contribution is 5.72. The number of esters is 2. The molecule has 8 nitrogen and oxygen atoms in total. The van der Waals surface area contributed by atoms with Crippen LogP contribution in [-0.2, 0) is 28.6 Å². The first-order valence-corrected chi connectivity index (χ1v) is 23.7. The van der Waals surface area contributed by atoms with Gasteiger partial charge in [0.15, 0.2) is 12.1 Å². The highest BCUT2D eigenvalue weighted by atomic mass is 16.6. The van der Waals surface area contributed by atoms with Crippen molar-refractivity contribution < 1.29 is 38.2 Å². The molecule has 0 aromatic heterocycles. The number of carbonyl (C=O) groups is 3. The molecule has 8 heteroatoms. The van der Waals surface area contributed by atoms with Crippen molar-refractivity contribution in [3.63, 3.8) is 0 Å². The number of nitrogens with zero attached hydrogens (tertiary/aromatic N) is 1. The fraction of sp³-hybridized carbons (Fsp3) is 0.896. The zero-order valence-corrected chi connectivity index (χ0v) is 37.6. The molecule has 0 aromatic carbocycles. The molecule has 330 valence electrons. The van der Waals surface area contributed by atoms with E-state index in [1.54, 1.807) is 0 Å². The van der Waals surface area contributed by atoms with E-state index in [0.29, 0.717) is 19.3 Å². The monoisotopic (exact) mass is 795 g/mol. The molecular weight excluding hydrogens is 703 g/mol. The number of rotatable bonds is 43. The Morgan fingerprint density at radius 2 is 0.893 bits per heavy atom. The third-order valence-electron chi connectivity index (χ3n) is 10.9. The third-order valence-corrected chi connectivity index (χ3v) is 10.9. The number of quaternary nitrogens is 1. The van der Waals surface area contributed by atoms with E-state index in [9.17, 15) is 19.5 Å². The van der Waals surface area contributed by atoms with Crippen molar-refractivity contribution in [2.45, 2.75) is 238 Å². The minimum absolute atomic E-state index is 0.0455. The highest BCUT2D eigenvalue weighted by Gasteiger charge is 2.31. The second-order valence-electron chi connectivity index (χ2n) is 17.4. The van der Waals surface area contributed by atoms with Gasteiger partial charge in [-0.25, -0.2) is 4.79 Å². The number of carboxylic acids is 1. The number of carboxylic acid groups (broad SMARTS) is 1. The second-order valence-corrected chi connectivity index (χ2v) is 17.4. The van der Waals surface area contributed by atoms with E-state index in [1.165, 1.54) is 154 Å². The summed E-state index contributed by atoms with van der Waals surface area (Å²) in [6, 6.07) is -0.609. The minimum Gasteiger partial charge on any atom is -0.477 e. The molecule has 0 aliphatic heterocycles. The fourth-order valence-electron chi connectivity index (χ4n) is 7.21. The topological polar surface area (TPSA) is 99.1 Å². The average molecular weight is 795 g/mol. The predicted molar refractivity (Wildman–Crippen MR) is 234 cm³/mol. The van der Waals surface area contributed by atoms with Gasteiger partial charge in [0, 0.05) is 19.3 Å². The van der Waals surface area contributed by atoms with Gasteiger partial charge >= 0.3 is 17.9 Å². The van der Waals surface area contributed by atoms with Crippen LogP contribution in [0.15, 0.2) is 12.2 Å². The third kappa shape index (κ3) is 37.6. The molecule has 0 saturated heterocycles. The Kier molecular flexibility index (Phi) is 38.5. The molecule has 0 amide bonds. The van der Waals surface area contributed by atoms with E-state index in [0.717, 1.165) is 38.5 Å². The highest BCUT2D eigenvalue weighted by Crippen LogP contribution is 2.16. The van der Waals surface area contributed by atoms with Crippen LogP contribution in [0.4, 0.5) is 0 Å². The first-order chi connectivity index (χ1) is 27.1. The zero-order valence-electron chi connectivity index (χ0n) is 37.6. The molecule has 0 heterocycles. The Labute approximate surface area is 346 Å². The van der Waals surface area contributed by atoms with Gasteiger partial charge < -0.3 is 23.8 Å². The fourth-order valence-corrected chi connectivity index (χ4v) is 7.21. The molecule has 0 bridgehead atoms. The molecule has 2 atom stereocenters. The molecule has 0 aliphatic rings. The average Bonchev–Trinajstić information content (AvgIpc) is 3.15. The van der Waals surface area contributed by atoms with Gasteiger partial charge in [0.25, 0.3) is 0 Å². The number of carbonyl (C=O) groups excluding carboxylic acids is 2. The molecule has 0 spiro atoms. The lowest BCUT2D eigenvalue weighted by atomic mass is 10.0. The Hall–Kier alpha value is -1.93. The van der Waals surface area contributed by atoms with E-state index in [2.05, 4.69) is 26.0 Å². The van der Waals surface area contributed by atoms with Crippen LogP contribution in [-0.4, -0.2) is 80.6 Å². The van der Waals surface area contributed by atoms with Crippen molar-refractivity contribution in [3.05, 3.63) is 12.2 Å². The van der Waals surface area contributed by atoms with Gasteiger partial charge in [-0.05, 0) is 38.5 Å². The number of ether oxygens (including phenoxy) is 3. The van der Waals surface area contributed by atoms with Gasteiger partial charge in [-0.1, -0.05) is 180 Å². The first-order valence-electron chi connectivity index (χ1n) is 23.7. The SMILES string of the molecule is CCCCCCCCCC/C=C\CCCCCCCCCCCCCC(=O)OC(COCCC(C(=O)O)[N+](C)(C)C)COC(=O)CCCCCCCCCCC. The number of hydrogen-bond acceptors (Lipinski definition) is 6. The van der Waals surface area contributed by atoms with Gasteiger partial charge in [0.1, 0.15) is 6.61 Å². The summed E-state index contributed by atoms with van der Waals surface area (Å²) in [4.78, 5) is 36.9. The molecule has 0 fully saturated rings.